The predicted molar refractivity (Wildman–Crippen MR) is 101 cm³/mol. The van der Waals surface area contributed by atoms with E-state index in [1.807, 2.05) is 6.07 Å². The molecule has 0 amide bonds. The number of pyridine rings is 1. The minimum absolute atomic E-state index is 0.0577. The Morgan fingerprint density at radius 3 is 2.50 bits per heavy atom. The molecule has 2 N–H and O–H groups in total. The van der Waals surface area contributed by atoms with E-state index in [9.17, 15) is 8.42 Å². The SMILES string of the molecule is N#Cc1cccc(Nc2ccc(NS(=O)(=O)c3cccc(Cl)c3)nc2)c1. The van der Waals surface area contributed by atoms with Gasteiger partial charge in [-0.25, -0.2) is 13.4 Å². The normalized spacial score (nSPS) is 10.8. The van der Waals surface area contributed by atoms with Crippen LogP contribution in [0.5, 0.6) is 0 Å². The molecule has 0 aliphatic rings. The fourth-order valence-corrected chi connectivity index (χ4v) is 3.50. The maximum atomic E-state index is 12.3. The maximum absolute atomic E-state index is 12.3. The van der Waals surface area contributed by atoms with Crippen LogP contribution >= 0.6 is 11.6 Å². The fraction of sp³-hybridized carbons (Fsp3) is 0. The second kappa shape index (κ2) is 7.44. The van der Waals surface area contributed by atoms with E-state index in [2.05, 4.69) is 21.1 Å². The summed E-state index contributed by atoms with van der Waals surface area (Å²) in [5, 5.41) is 12.4. The van der Waals surface area contributed by atoms with Gasteiger partial charge in [0, 0.05) is 10.7 Å². The van der Waals surface area contributed by atoms with Crippen LogP contribution in [0, 0.1) is 11.3 Å². The van der Waals surface area contributed by atoms with Gasteiger partial charge in [0.05, 0.1) is 28.4 Å². The summed E-state index contributed by atoms with van der Waals surface area (Å²) in [4.78, 5) is 4.16. The van der Waals surface area contributed by atoms with Crippen molar-refractivity contribution in [2.45, 2.75) is 4.90 Å². The van der Waals surface area contributed by atoms with Gasteiger partial charge in [0.1, 0.15) is 5.82 Å². The molecular formula is C18H13ClN4O2S. The van der Waals surface area contributed by atoms with Crippen LogP contribution in [0.3, 0.4) is 0 Å². The van der Waals surface area contributed by atoms with Gasteiger partial charge in [-0.3, -0.25) is 4.72 Å². The smallest absolute Gasteiger partial charge is 0.263 e. The number of aromatic nitrogens is 1. The van der Waals surface area contributed by atoms with Crippen molar-refractivity contribution in [3.63, 3.8) is 0 Å². The number of halogens is 1. The van der Waals surface area contributed by atoms with E-state index >= 15 is 0 Å². The molecule has 130 valence electrons. The molecule has 0 radical (unpaired) electrons. The van der Waals surface area contributed by atoms with Crippen LogP contribution in [0.1, 0.15) is 5.56 Å². The van der Waals surface area contributed by atoms with E-state index in [1.54, 1.807) is 42.5 Å². The molecule has 26 heavy (non-hydrogen) atoms. The Morgan fingerprint density at radius 2 is 1.81 bits per heavy atom. The number of nitrogens with zero attached hydrogens (tertiary/aromatic N) is 2. The molecule has 2 aromatic carbocycles. The van der Waals surface area contributed by atoms with Crippen molar-refractivity contribution in [3.8, 4) is 6.07 Å². The summed E-state index contributed by atoms with van der Waals surface area (Å²) in [6.45, 7) is 0. The monoisotopic (exact) mass is 384 g/mol. The average molecular weight is 385 g/mol. The highest BCUT2D eigenvalue weighted by atomic mass is 35.5. The summed E-state index contributed by atoms with van der Waals surface area (Å²) in [7, 11) is -3.77. The van der Waals surface area contributed by atoms with Crippen LogP contribution in [-0.4, -0.2) is 13.4 Å². The van der Waals surface area contributed by atoms with Crippen molar-refractivity contribution < 1.29 is 8.42 Å². The summed E-state index contributed by atoms with van der Waals surface area (Å²) in [5.41, 5.74) is 1.93. The summed E-state index contributed by atoms with van der Waals surface area (Å²) in [6, 6.07) is 18.3. The van der Waals surface area contributed by atoms with E-state index < -0.39 is 10.0 Å². The van der Waals surface area contributed by atoms with E-state index in [4.69, 9.17) is 16.9 Å². The first-order valence-electron chi connectivity index (χ1n) is 7.48. The van der Waals surface area contributed by atoms with E-state index in [0.717, 1.165) is 5.69 Å². The van der Waals surface area contributed by atoms with Gasteiger partial charge in [0.2, 0.25) is 0 Å². The van der Waals surface area contributed by atoms with E-state index in [-0.39, 0.29) is 10.7 Å². The molecule has 3 aromatic rings. The zero-order chi connectivity index (χ0) is 18.6. The molecule has 0 bridgehead atoms. The number of hydrogen-bond donors (Lipinski definition) is 2. The highest BCUT2D eigenvalue weighted by molar-refractivity contribution is 7.92. The number of anilines is 3. The third kappa shape index (κ3) is 4.30. The topological polar surface area (TPSA) is 94.9 Å². The fourth-order valence-electron chi connectivity index (χ4n) is 2.19. The summed E-state index contributed by atoms with van der Waals surface area (Å²) >= 11 is 5.84. The Balaban J connectivity index is 1.74. The van der Waals surface area contributed by atoms with Gasteiger partial charge in [0.25, 0.3) is 10.0 Å². The minimum atomic E-state index is -3.77. The lowest BCUT2D eigenvalue weighted by Gasteiger charge is -2.09. The molecule has 0 aliphatic carbocycles. The second-order valence-corrected chi connectivity index (χ2v) is 7.43. The molecule has 3 rings (SSSR count). The van der Waals surface area contributed by atoms with Crippen LogP contribution in [0.4, 0.5) is 17.2 Å². The molecule has 1 heterocycles. The van der Waals surface area contributed by atoms with Crippen molar-refractivity contribution in [1.29, 1.82) is 5.26 Å². The Labute approximate surface area is 156 Å². The van der Waals surface area contributed by atoms with Gasteiger partial charge in [-0.15, -0.1) is 0 Å². The molecule has 0 spiro atoms. The average Bonchev–Trinajstić information content (AvgIpc) is 2.63. The molecule has 0 saturated heterocycles. The lowest BCUT2D eigenvalue weighted by Crippen LogP contribution is -2.13. The van der Waals surface area contributed by atoms with E-state index in [1.165, 1.54) is 18.3 Å². The van der Waals surface area contributed by atoms with Gasteiger partial charge >= 0.3 is 0 Å². The zero-order valence-electron chi connectivity index (χ0n) is 13.3. The number of benzene rings is 2. The van der Waals surface area contributed by atoms with Crippen LogP contribution in [0.25, 0.3) is 0 Å². The van der Waals surface area contributed by atoms with Crippen LogP contribution < -0.4 is 10.0 Å². The Kier molecular flexibility index (Phi) is 5.07. The number of hydrogen-bond acceptors (Lipinski definition) is 5. The van der Waals surface area contributed by atoms with Crippen LogP contribution in [0.15, 0.2) is 71.8 Å². The van der Waals surface area contributed by atoms with Gasteiger partial charge in [0.15, 0.2) is 0 Å². The standard InChI is InChI=1S/C18H13ClN4O2S/c19-14-4-2-6-17(10-14)26(24,25)23-18-8-7-16(12-21-18)22-15-5-1-3-13(9-15)11-20/h1-10,12,22H,(H,21,23). The van der Waals surface area contributed by atoms with Gasteiger partial charge in [-0.2, -0.15) is 5.26 Å². The number of nitrogens with one attached hydrogen (secondary N) is 2. The van der Waals surface area contributed by atoms with Crippen LogP contribution in [0.2, 0.25) is 5.02 Å². The molecule has 0 fully saturated rings. The number of nitriles is 1. The molecule has 0 saturated carbocycles. The Morgan fingerprint density at radius 1 is 1.00 bits per heavy atom. The van der Waals surface area contributed by atoms with Gasteiger partial charge in [-0.05, 0) is 48.5 Å². The molecule has 1 aromatic heterocycles. The molecule has 0 unspecified atom stereocenters. The van der Waals surface area contributed by atoms with Crippen LogP contribution in [-0.2, 0) is 10.0 Å². The first-order chi connectivity index (χ1) is 12.5. The highest BCUT2D eigenvalue weighted by Crippen LogP contribution is 2.21. The molecule has 6 nitrogen and oxygen atoms in total. The Bertz CT molecular complexity index is 1080. The molecule has 0 atom stereocenters. The number of sulfonamides is 1. The van der Waals surface area contributed by atoms with Gasteiger partial charge in [-0.1, -0.05) is 23.7 Å². The molecule has 8 heteroatoms. The van der Waals surface area contributed by atoms with Crippen molar-refractivity contribution in [3.05, 3.63) is 77.4 Å². The summed E-state index contributed by atoms with van der Waals surface area (Å²) < 4.78 is 27.1. The van der Waals surface area contributed by atoms with Crippen molar-refractivity contribution in [2.24, 2.45) is 0 Å². The Hall–Kier alpha value is -3.08. The molecule has 0 aliphatic heterocycles. The second-order valence-electron chi connectivity index (χ2n) is 5.31. The first-order valence-corrected chi connectivity index (χ1v) is 9.34. The highest BCUT2D eigenvalue weighted by Gasteiger charge is 2.15. The molecular weight excluding hydrogens is 372 g/mol. The first kappa shape index (κ1) is 17.7. The number of rotatable bonds is 5. The third-order valence-electron chi connectivity index (χ3n) is 3.39. The quantitative estimate of drug-likeness (QED) is 0.689. The van der Waals surface area contributed by atoms with E-state index in [0.29, 0.717) is 16.3 Å². The third-order valence-corrected chi connectivity index (χ3v) is 4.98. The zero-order valence-corrected chi connectivity index (χ0v) is 14.9. The largest absolute Gasteiger partial charge is 0.354 e. The summed E-state index contributed by atoms with van der Waals surface area (Å²) in [5.74, 6) is 0.182. The van der Waals surface area contributed by atoms with Crippen molar-refractivity contribution in [2.75, 3.05) is 10.0 Å². The van der Waals surface area contributed by atoms with Crippen molar-refractivity contribution >= 4 is 38.8 Å². The minimum Gasteiger partial charge on any atom is -0.354 e. The lowest BCUT2D eigenvalue weighted by molar-refractivity contribution is 0.601. The van der Waals surface area contributed by atoms with Gasteiger partial charge < -0.3 is 5.32 Å². The predicted octanol–water partition coefficient (Wildman–Crippen LogP) is 4.15. The summed E-state index contributed by atoms with van der Waals surface area (Å²) in [6.07, 6.45) is 1.49. The lowest BCUT2D eigenvalue weighted by atomic mass is 10.2. The van der Waals surface area contributed by atoms with Crippen molar-refractivity contribution in [1.82, 2.24) is 4.98 Å². The maximum Gasteiger partial charge on any atom is 0.263 e.